The normalized spacial score (nSPS) is 20.0. The molecule has 1 aromatic heterocycles. The van der Waals surface area contributed by atoms with Gasteiger partial charge in [-0.1, -0.05) is 59.9 Å². The highest BCUT2D eigenvalue weighted by Crippen LogP contribution is 2.32. The van der Waals surface area contributed by atoms with Crippen molar-refractivity contribution in [1.29, 1.82) is 0 Å². The largest absolute Gasteiger partial charge is 0.416 e. The van der Waals surface area contributed by atoms with Crippen LogP contribution in [0.3, 0.4) is 0 Å². The molecule has 0 radical (unpaired) electrons. The van der Waals surface area contributed by atoms with Crippen molar-refractivity contribution in [3.63, 3.8) is 0 Å². The summed E-state index contributed by atoms with van der Waals surface area (Å²) < 4.78 is 243. The van der Waals surface area contributed by atoms with E-state index in [4.69, 9.17) is 27.4 Å². The second kappa shape index (κ2) is 16.7. The van der Waals surface area contributed by atoms with E-state index < -0.39 is 209 Å². The van der Waals surface area contributed by atoms with Crippen LogP contribution in [0.1, 0.15) is 62.5 Å². The third-order valence-corrected chi connectivity index (χ3v) is 9.24. The lowest BCUT2D eigenvalue weighted by Crippen LogP contribution is -2.48. The van der Waals surface area contributed by atoms with Crippen LogP contribution in [-0.4, -0.2) is 59.5 Å². The monoisotopic (exact) mass is 769 g/mol. The molecule has 6 nitrogen and oxygen atoms in total. The Bertz CT molecular complexity index is 3080. The van der Waals surface area contributed by atoms with Gasteiger partial charge in [0, 0.05) is 62.0 Å². The molecule has 5 aromatic rings. The highest BCUT2D eigenvalue weighted by Gasteiger charge is 2.31. The Morgan fingerprint density at radius 3 is 2.38 bits per heavy atom. The number of pyridine rings is 1. The van der Waals surface area contributed by atoms with Gasteiger partial charge in [-0.2, -0.15) is 13.2 Å². The van der Waals surface area contributed by atoms with Gasteiger partial charge in [0.15, 0.2) is 17.1 Å². The Labute approximate surface area is 337 Å². The number of carbonyl (C=O) groups is 1. The number of aromatic nitrogens is 1. The SMILES string of the molecule is [2H]c1c([2H])c(F)c(F)c(CSc2c([2H])c(=O)c3c([2H])c(C)c([2H])c([2H])c3n2CC(=O)N(Cc2c([2H])c([2H])c(-c3c([2H])c([2H])c(C(F)(F)F)c([2H])c3[2H])c([2H])c2[2H])C2CCN(CC([2H])([2H])OC([2H])([2H])[2H])CC2)c1[2H]. The van der Waals surface area contributed by atoms with Crippen LogP contribution in [0.2, 0.25) is 0 Å². The number of thioether (sulfide) groups is 1. The zero-order valence-corrected chi connectivity index (χ0v) is 28.4. The van der Waals surface area contributed by atoms with Gasteiger partial charge in [0.25, 0.3) is 0 Å². The lowest BCUT2D eigenvalue weighted by molar-refractivity contribution is -0.137. The summed E-state index contributed by atoms with van der Waals surface area (Å²) in [5.74, 6) is -5.41. The summed E-state index contributed by atoms with van der Waals surface area (Å²) >= 11 is 0.354. The van der Waals surface area contributed by atoms with Gasteiger partial charge in [-0.25, -0.2) is 8.78 Å². The van der Waals surface area contributed by atoms with Gasteiger partial charge in [-0.05, 0) is 66.7 Å². The number of amides is 1. The molecule has 0 saturated carbocycles. The van der Waals surface area contributed by atoms with Crippen molar-refractivity contribution >= 4 is 28.6 Å². The van der Waals surface area contributed by atoms with E-state index in [1.54, 1.807) is 0 Å². The second-order valence-electron chi connectivity index (χ2n) is 11.7. The Morgan fingerprint density at radius 2 is 1.70 bits per heavy atom. The first kappa shape index (κ1) is 20.2. The Morgan fingerprint density at radius 1 is 1.00 bits per heavy atom. The number of carbonyl (C=O) groups excluding carboxylic acids is 1. The summed E-state index contributed by atoms with van der Waals surface area (Å²) in [6.45, 7) is -4.18. The molecule has 4 aromatic carbocycles. The van der Waals surface area contributed by atoms with Crippen LogP contribution in [0.5, 0.6) is 0 Å². The Hall–Kier alpha value is -4.52. The average molecular weight is 770 g/mol. The highest BCUT2D eigenvalue weighted by molar-refractivity contribution is 7.98. The first-order chi connectivity index (χ1) is 33.6. The smallest absolute Gasteiger partial charge is 0.383 e. The standard InChI is InChI=1S/C41H40F5N3O3S/c1-27-6-15-36-34(22-27)37(50)23-39(53-26-31-4-3-5-35(42)40(31)43)49(36)25-38(51)48(33-16-18-47(19-17-33)20-21-52-2)24-28-7-9-29(10-8-28)30-11-13-32(14-12-30)41(44,45)46/h3-15,22-23,33H,16-21,24-26H2,1-2H3/i2D3,3D,4D,5D,6D,7D,8D,9D,10D,11D,12D,13D,14D,15D,21D2,22D,23D. The van der Waals surface area contributed by atoms with Crippen molar-refractivity contribution in [2.75, 3.05) is 33.2 Å². The van der Waals surface area contributed by atoms with Crippen molar-refractivity contribution in [2.24, 2.45) is 0 Å². The maximum absolute atomic E-state index is 15.3. The summed E-state index contributed by atoms with van der Waals surface area (Å²) in [7, 11) is -3.13. The molecule has 0 spiro atoms. The van der Waals surface area contributed by atoms with E-state index in [0.29, 0.717) is 11.8 Å². The molecule has 1 saturated heterocycles. The summed E-state index contributed by atoms with van der Waals surface area (Å²) in [6, 6.07) is -17.1. The molecule has 278 valence electrons. The zero-order valence-electron chi connectivity index (χ0n) is 47.6. The Balaban J connectivity index is 1.53. The molecule has 1 aliphatic heterocycles. The number of halogens is 5. The summed E-state index contributed by atoms with van der Waals surface area (Å²) in [4.78, 5) is 31.5. The highest BCUT2D eigenvalue weighted by atomic mass is 32.2. The van der Waals surface area contributed by atoms with Crippen LogP contribution in [0.25, 0.3) is 22.0 Å². The van der Waals surface area contributed by atoms with Crippen LogP contribution < -0.4 is 5.43 Å². The number of benzene rings is 4. The van der Waals surface area contributed by atoms with Gasteiger partial charge in [0.05, 0.1) is 50.1 Å². The molecule has 1 fully saturated rings. The molecule has 2 heterocycles. The number of ether oxygens (including phenoxy) is 1. The third-order valence-electron chi connectivity index (χ3n) is 8.21. The van der Waals surface area contributed by atoms with Gasteiger partial charge in [-0.15, -0.1) is 11.8 Å². The van der Waals surface area contributed by atoms with E-state index in [-0.39, 0.29) is 31.5 Å². The molecule has 12 heteroatoms. The zero-order chi connectivity index (χ0) is 55.0. The topological polar surface area (TPSA) is 54.8 Å². The number of methoxy groups -OCH3 is 1. The van der Waals surface area contributed by atoms with E-state index >= 15 is 9.18 Å². The molecule has 0 aliphatic carbocycles. The van der Waals surface area contributed by atoms with Crippen molar-refractivity contribution in [3.8, 4) is 11.1 Å². The maximum atomic E-state index is 15.3. The van der Waals surface area contributed by atoms with E-state index in [2.05, 4.69) is 4.74 Å². The van der Waals surface area contributed by atoms with E-state index in [1.807, 2.05) is 0 Å². The first-order valence-corrected chi connectivity index (χ1v) is 16.7. The molecule has 0 atom stereocenters. The number of nitrogens with zero attached hydrogens (tertiary/aromatic N) is 3. The van der Waals surface area contributed by atoms with Gasteiger partial charge < -0.3 is 19.1 Å². The van der Waals surface area contributed by atoms with Crippen molar-refractivity contribution < 1.29 is 58.9 Å². The van der Waals surface area contributed by atoms with Crippen molar-refractivity contribution in [2.45, 2.75) is 55.9 Å². The third kappa shape index (κ3) is 9.17. The number of piperidine rings is 1. The van der Waals surface area contributed by atoms with Gasteiger partial charge in [-0.3, -0.25) is 9.59 Å². The molecular formula is C41H40F5N3O3S. The van der Waals surface area contributed by atoms with Crippen LogP contribution >= 0.6 is 11.8 Å². The van der Waals surface area contributed by atoms with Crippen molar-refractivity contribution in [3.05, 3.63) is 135 Å². The number of alkyl halides is 3. The van der Waals surface area contributed by atoms with Crippen LogP contribution in [0.15, 0.2) is 100 Å². The first-order valence-electron chi connectivity index (χ1n) is 25.7. The average Bonchev–Trinajstić information content (AvgIpc) is 3.29. The predicted octanol–water partition coefficient (Wildman–Crippen LogP) is 8.71. The van der Waals surface area contributed by atoms with E-state index in [1.165, 1.54) is 11.8 Å². The van der Waals surface area contributed by atoms with Crippen molar-refractivity contribution in [1.82, 2.24) is 14.4 Å². The molecule has 1 amide bonds. The van der Waals surface area contributed by atoms with E-state index in [9.17, 15) is 22.4 Å². The molecule has 0 unspecified atom stereocenters. The molecular weight excluding hydrogens is 710 g/mol. The number of likely N-dealkylation sites (tertiary alicyclic amines) is 1. The van der Waals surface area contributed by atoms with Crippen LogP contribution in [0, 0.1) is 18.6 Å². The summed E-state index contributed by atoms with van der Waals surface area (Å²) in [5, 5.41) is -1.19. The fourth-order valence-corrected chi connectivity index (χ4v) is 6.51. The van der Waals surface area contributed by atoms with Gasteiger partial charge >= 0.3 is 6.18 Å². The minimum atomic E-state index is -5.37. The quantitative estimate of drug-likeness (QED) is 0.0940. The lowest BCUT2D eigenvalue weighted by atomic mass is 10.00. The Kier molecular flexibility index (Phi) is 6.36. The summed E-state index contributed by atoms with van der Waals surface area (Å²) in [6.07, 6.45) is -5.58. The molecule has 0 bridgehead atoms. The predicted molar refractivity (Wildman–Crippen MR) is 198 cm³/mol. The lowest BCUT2D eigenvalue weighted by Gasteiger charge is -2.39. The maximum Gasteiger partial charge on any atom is 0.416 e. The molecule has 53 heavy (non-hydrogen) atoms. The molecule has 1 aliphatic rings. The van der Waals surface area contributed by atoms with E-state index in [0.717, 1.165) is 9.47 Å². The minimum absolute atomic E-state index is 0.0876. The molecule has 0 N–H and O–H groups in total. The van der Waals surface area contributed by atoms with Gasteiger partial charge in [0.2, 0.25) is 5.91 Å². The minimum Gasteiger partial charge on any atom is -0.383 e. The van der Waals surface area contributed by atoms with Gasteiger partial charge in [0.1, 0.15) is 6.54 Å². The second-order valence-corrected chi connectivity index (χ2v) is 12.7. The van der Waals surface area contributed by atoms with Crippen LogP contribution in [0.4, 0.5) is 22.0 Å². The number of rotatable bonds is 12. The number of fused-ring (bicyclic) bond motifs is 1. The number of hydrogen-bond acceptors (Lipinski definition) is 5. The fraction of sp³-hybridized carbons (Fsp3) is 0.317. The van der Waals surface area contributed by atoms with Crippen LogP contribution in [-0.2, 0) is 34.6 Å². The number of hydrogen-bond donors (Lipinski definition) is 0. The fourth-order valence-electron chi connectivity index (χ4n) is 5.55. The molecule has 6 rings (SSSR count). The summed E-state index contributed by atoms with van der Waals surface area (Å²) in [5.41, 5.74) is -7.22.